The zero-order chi connectivity index (χ0) is 17.8. The smallest absolute Gasteiger partial charge is 0.251 e. The van der Waals surface area contributed by atoms with E-state index >= 15 is 0 Å². The normalized spacial score (nSPS) is 17.9. The Morgan fingerprint density at radius 2 is 2.04 bits per heavy atom. The van der Waals surface area contributed by atoms with E-state index in [0.29, 0.717) is 5.82 Å². The lowest BCUT2D eigenvalue weighted by Crippen LogP contribution is -2.34. The molecule has 0 bridgehead atoms. The molecule has 0 aliphatic carbocycles. The van der Waals surface area contributed by atoms with Gasteiger partial charge >= 0.3 is 0 Å². The summed E-state index contributed by atoms with van der Waals surface area (Å²) in [4.78, 5) is 30.6. The van der Waals surface area contributed by atoms with Crippen LogP contribution in [0.5, 0.6) is 0 Å². The number of piperidine rings is 1. The predicted molar refractivity (Wildman–Crippen MR) is 99.6 cm³/mol. The highest BCUT2D eigenvalue weighted by Gasteiger charge is 2.23. The van der Waals surface area contributed by atoms with E-state index in [4.69, 9.17) is 4.98 Å². The fourth-order valence-corrected chi connectivity index (χ4v) is 3.49. The Labute approximate surface area is 152 Å². The number of aromatic nitrogens is 4. The third-order valence-electron chi connectivity index (χ3n) is 4.75. The Balaban J connectivity index is 1.55. The number of aromatic amines is 1. The summed E-state index contributed by atoms with van der Waals surface area (Å²) in [5.41, 5.74) is 2.71. The summed E-state index contributed by atoms with van der Waals surface area (Å²) in [6.07, 6.45) is 7.38. The number of nitrogens with one attached hydrogen (secondary N) is 1. The summed E-state index contributed by atoms with van der Waals surface area (Å²) < 4.78 is 0. The summed E-state index contributed by atoms with van der Waals surface area (Å²) >= 11 is 0. The van der Waals surface area contributed by atoms with Crippen molar-refractivity contribution < 1.29 is 0 Å². The Bertz CT molecular complexity index is 910. The van der Waals surface area contributed by atoms with E-state index < -0.39 is 0 Å². The molecule has 4 rings (SSSR count). The predicted octanol–water partition coefficient (Wildman–Crippen LogP) is 2.61. The van der Waals surface area contributed by atoms with Crippen LogP contribution >= 0.6 is 0 Å². The maximum atomic E-state index is 12.2. The van der Waals surface area contributed by atoms with Gasteiger partial charge in [-0.25, -0.2) is 4.98 Å². The van der Waals surface area contributed by atoms with Crippen molar-refractivity contribution in [3.8, 4) is 11.4 Å². The lowest BCUT2D eigenvalue weighted by Gasteiger charge is -2.32. The molecule has 0 radical (unpaired) electrons. The standard InChI is InChI=1S/C20H21N5O/c26-19-12-18(23-20(24-19)15-6-9-21-10-7-15)16-4-3-11-25(13-16)14-17-5-1-2-8-22-17/h1-2,5-10,12,16H,3-4,11,13-14H2,(H,23,24,26). The lowest BCUT2D eigenvalue weighted by molar-refractivity contribution is 0.196. The van der Waals surface area contributed by atoms with Crippen LogP contribution in [-0.2, 0) is 6.54 Å². The molecule has 1 N–H and O–H groups in total. The van der Waals surface area contributed by atoms with E-state index in [1.807, 2.05) is 30.5 Å². The first kappa shape index (κ1) is 16.6. The highest BCUT2D eigenvalue weighted by atomic mass is 16.1. The Hall–Kier alpha value is -2.86. The van der Waals surface area contributed by atoms with Crippen molar-refractivity contribution in [2.45, 2.75) is 25.3 Å². The molecule has 0 amide bonds. The van der Waals surface area contributed by atoms with E-state index in [9.17, 15) is 4.79 Å². The summed E-state index contributed by atoms with van der Waals surface area (Å²) in [6.45, 7) is 2.77. The van der Waals surface area contributed by atoms with Gasteiger partial charge in [-0.05, 0) is 43.7 Å². The van der Waals surface area contributed by atoms with Crippen LogP contribution in [0.2, 0.25) is 0 Å². The molecule has 1 aliphatic rings. The SMILES string of the molecule is O=c1cc(C2CCCN(Cc3ccccn3)C2)nc(-c2ccncc2)[nH]1. The number of hydrogen-bond acceptors (Lipinski definition) is 5. The van der Waals surface area contributed by atoms with Gasteiger partial charge in [-0.3, -0.25) is 19.7 Å². The molecule has 0 aromatic carbocycles. The molecule has 26 heavy (non-hydrogen) atoms. The molecule has 1 unspecified atom stereocenters. The molecule has 132 valence electrons. The first-order chi connectivity index (χ1) is 12.8. The van der Waals surface area contributed by atoms with E-state index in [-0.39, 0.29) is 11.5 Å². The zero-order valence-corrected chi connectivity index (χ0v) is 14.5. The highest BCUT2D eigenvalue weighted by molar-refractivity contribution is 5.53. The Kier molecular flexibility index (Phi) is 4.84. The minimum Gasteiger partial charge on any atom is -0.307 e. The van der Waals surface area contributed by atoms with Crippen LogP contribution in [0.1, 0.15) is 30.1 Å². The number of hydrogen-bond donors (Lipinski definition) is 1. The third-order valence-corrected chi connectivity index (χ3v) is 4.75. The maximum Gasteiger partial charge on any atom is 0.251 e. The number of pyridine rings is 2. The zero-order valence-electron chi connectivity index (χ0n) is 14.5. The molecule has 0 spiro atoms. The van der Waals surface area contributed by atoms with Crippen LogP contribution in [0.25, 0.3) is 11.4 Å². The van der Waals surface area contributed by atoms with Crippen molar-refractivity contribution >= 4 is 0 Å². The van der Waals surface area contributed by atoms with E-state index in [2.05, 4.69) is 25.9 Å². The molecule has 4 heterocycles. The monoisotopic (exact) mass is 347 g/mol. The second-order valence-electron chi connectivity index (χ2n) is 6.65. The average molecular weight is 347 g/mol. The van der Waals surface area contributed by atoms with Gasteiger partial charge < -0.3 is 4.98 Å². The van der Waals surface area contributed by atoms with Gasteiger partial charge in [0.2, 0.25) is 0 Å². The topological polar surface area (TPSA) is 74.8 Å². The van der Waals surface area contributed by atoms with E-state index in [1.54, 1.807) is 18.5 Å². The van der Waals surface area contributed by atoms with Gasteiger partial charge in [-0.2, -0.15) is 0 Å². The molecule has 1 aliphatic heterocycles. The van der Waals surface area contributed by atoms with Gasteiger partial charge in [0.05, 0.1) is 11.4 Å². The van der Waals surface area contributed by atoms with Crippen molar-refractivity contribution in [3.63, 3.8) is 0 Å². The van der Waals surface area contributed by atoms with Crippen LogP contribution in [-0.4, -0.2) is 37.9 Å². The summed E-state index contributed by atoms with van der Waals surface area (Å²) in [5, 5.41) is 0. The fraction of sp³-hybridized carbons (Fsp3) is 0.300. The third kappa shape index (κ3) is 3.86. The largest absolute Gasteiger partial charge is 0.307 e. The van der Waals surface area contributed by atoms with Crippen molar-refractivity contribution in [1.29, 1.82) is 0 Å². The average Bonchev–Trinajstić information content (AvgIpc) is 2.69. The molecule has 6 nitrogen and oxygen atoms in total. The minimum atomic E-state index is -0.108. The number of likely N-dealkylation sites (tertiary alicyclic amines) is 1. The molecule has 1 atom stereocenters. The molecule has 1 saturated heterocycles. The van der Waals surface area contributed by atoms with E-state index in [1.165, 1.54) is 0 Å². The molecular weight excluding hydrogens is 326 g/mol. The minimum absolute atomic E-state index is 0.108. The number of rotatable bonds is 4. The quantitative estimate of drug-likeness (QED) is 0.785. The van der Waals surface area contributed by atoms with Gasteiger partial charge in [0.1, 0.15) is 5.82 Å². The van der Waals surface area contributed by atoms with Gasteiger partial charge in [-0.1, -0.05) is 6.07 Å². The summed E-state index contributed by atoms with van der Waals surface area (Å²) in [7, 11) is 0. The van der Waals surface area contributed by atoms with Crippen molar-refractivity contribution in [1.82, 2.24) is 24.8 Å². The van der Waals surface area contributed by atoms with Crippen LogP contribution in [0.15, 0.2) is 59.8 Å². The summed E-state index contributed by atoms with van der Waals surface area (Å²) in [5.74, 6) is 0.868. The first-order valence-corrected chi connectivity index (χ1v) is 8.92. The fourth-order valence-electron chi connectivity index (χ4n) is 3.49. The van der Waals surface area contributed by atoms with Crippen LogP contribution < -0.4 is 5.56 Å². The van der Waals surface area contributed by atoms with Gasteiger partial charge in [0, 0.05) is 49.2 Å². The van der Waals surface area contributed by atoms with Crippen LogP contribution in [0.4, 0.5) is 0 Å². The second-order valence-corrected chi connectivity index (χ2v) is 6.65. The molecular formula is C20H21N5O. The van der Waals surface area contributed by atoms with E-state index in [0.717, 1.165) is 49.4 Å². The molecule has 3 aromatic rings. The van der Waals surface area contributed by atoms with Crippen molar-refractivity contribution in [2.75, 3.05) is 13.1 Å². The van der Waals surface area contributed by atoms with Crippen molar-refractivity contribution in [3.05, 3.63) is 76.7 Å². The number of H-pyrrole nitrogens is 1. The Morgan fingerprint density at radius 3 is 2.85 bits per heavy atom. The van der Waals surface area contributed by atoms with Crippen LogP contribution in [0, 0.1) is 0 Å². The van der Waals surface area contributed by atoms with Gasteiger partial charge in [-0.15, -0.1) is 0 Å². The van der Waals surface area contributed by atoms with Crippen molar-refractivity contribution in [2.24, 2.45) is 0 Å². The summed E-state index contributed by atoms with van der Waals surface area (Å²) in [6, 6.07) is 11.4. The first-order valence-electron chi connectivity index (χ1n) is 8.92. The molecule has 1 fully saturated rings. The Morgan fingerprint density at radius 1 is 1.15 bits per heavy atom. The van der Waals surface area contributed by atoms with Gasteiger partial charge in [0.25, 0.3) is 5.56 Å². The molecule has 0 saturated carbocycles. The van der Waals surface area contributed by atoms with Gasteiger partial charge in [0.15, 0.2) is 0 Å². The number of nitrogens with zero attached hydrogens (tertiary/aromatic N) is 4. The maximum absolute atomic E-state index is 12.2. The molecule has 3 aromatic heterocycles. The van der Waals surface area contributed by atoms with Crippen LogP contribution in [0.3, 0.4) is 0 Å². The second kappa shape index (κ2) is 7.58. The lowest BCUT2D eigenvalue weighted by atomic mass is 9.94. The molecule has 6 heteroatoms. The highest BCUT2D eigenvalue weighted by Crippen LogP contribution is 2.26.